The third-order valence-electron chi connectivity index (χ3n) is 6.44. The van der Waals surface area contributed by atoms with E-state index in [-0.39, 0.29) is 31.0 Å². The largest absolute Gasteiger partial charge is 0.433 e. The number of aromatic nitrogens is 3. The van der Waals surface area contributed by atoms with Crippen LogP contribution in [0, 0.1) is 12.8 Å². The summed E-state index contributed by atoms with van der Waals surface area (Å²) in [6.45, 7) is 1.13. The number of carbonyl (C=O) groups is 1. The highest BCUT2D eigenvalue weighted by Gasteiger charge is 2.39. The summed E-state index contributed by atoms with van der Waals surface area (Å²) in [6.07, 6.45) is -0.388. The van der Waals surface area contributed by atoms with Gasteiger partial charge in [0.25, 0.3) is 0 Å². The summed E-state index contributed by atoms with van der Waals surface area (Å²) < 4.78 is 39.0. The minimum Gasteiger partial charge on any atom is -0.394 e. The molecule has 2 aromatic heterocycles. The quantitative estimate of drug-likeness (QED) is 0.287. The molecule has 1 aromatic carbocycles. The summed E-state index contributed by atoms with van der Waals surface area (Å²) in [6, 6.07) is 5.50. The van der Waals surface area contributed by atoms with Crippen molar-refractivity contribution in [2.24, 2.45) is 5.92 Å². The lowest BCUT2D eigenvalue weighted by Gasteiger charge is -2.34. The Bertz CT molecular complexity index is 1270. The number of halogens is 3. The van der Waals surface area contributed by atoms with Crippen LogP contribution in [0.1, 0.15) is 41.9 Å². The number of aliphatic hydroxyl groups excluding tert-OH is 2. The number of rotatable bonds is 8. The molecule has 1 amide bonds. The van der Waals surface area contributed by atoms with Gasteiger partial charge in [-0.15, -0.1) is 11.3 Å². The molecule has 2 heterocycles. The molecule has 0 spiro atoms. The first-order valence-electron chi connectivity index (χ1n) is 12.0. The Labute approximate surface area is 220 Å². The Hall–Kier alpha value is -3.13. The molecule has 1 aliphatic rings. The molecule has 0 unspecified atom stereocenters. The van der Waals surface area contributed by atoms with E-state index < -0.39 is 23.5 Å². The van der Waals surface area contributed by atoms with Crippen LogP contribution in [-0.2, 0) is 16.6 Å². The number of benzene rings is 1. The van der Waals surface area contributed by atoms with Gasteiger partial charge >= 0.3 is 6.18 Å². The normalized spacial score (nSPS) is 19.9. The van der Waals surface area contributed by atoms with Crippen LogP contribution in [0.2, 0.25) is 0 Å². The monoisotopic (exact) mass is 551 g/mol. The number of hydrogen-bond acceptors (Lipinski definition) is 9. The van der Waals surface area contributed by atoms with E-state index in [2.05, 4.69) is 25.6 Å². The third kappa shape index (κ3) is 6.46. The maximum Gasteiger partial charge on any atom is 0.433 e. The first-order valence-corrected chi connectivity index (χ1v) is 12.8. The number of nitrogens with one attached hydrogen (secondary N) is 2. The highest BCUT2D eigenvalue weighted by atomic mass is 32.1. The van der Waals surface area contributed by atoms with Crippen LogP contribution in [-0.4, -0.2) is 55.4 Å². The van der Waals surface area contributed by atoms with E-state index in [0.717, 1.165) is 28.3 Å². The SMILES string of the molecule is Cc1cc(Nc2nccc(C(F)(F)F)n2)cc(-c2cnc(C3(O)CCC(C(=O)NC(CO)CO)CC3)s2)c1. The number of thiazole rings is 1. The molecule has 0 aliphatic heterocycles. The molecule has 13 heteroatoms. The highest BCUT2D eigenvalue weighted by Crippen LogP contribution is 2.43. The highest BCUT2D eigenvalue weighted by molar-refractivity contribution is 7.15. The van der Waals surface area contributed by atoms with Crippen LogP contribution in [0.5, 0.6) is 0 Å². The number of hydrogen-bond donors (Lipinski definition) is 5. The van der Waals surface area contributed by atoms with Crippen LogP contribution in [0.3, 0.4) is 0 Å². The summed E-state index contributed by atoms with van der Waals surface area (Å²) in [5.41, 5.74) is -0.120. The summed E-state index contributed by atoms with van der Waals surface area (Å²) >= 11 is 1.31. The van der Waals surface area contributed by atoms with Crippen LogP contribution in [0.4, 0.5) is 24.8 Å². The molecule has 0 atom stereocenters. The van der Waals surface area contributed by atoms with Gasteiger partial charge in [-0.1, -0.05) is 6.07 Å². The van der Waals surface area contributed by atoms with Crippen molar-refractivity contribution in [3.8, 4) is 10.4 Å². The maximum atomic E-state index is 13.0. The zero-order chi connectivity index (χ0) is 27.5. The fraction of sp³-hybridized carbons (Fsp3) is 0.440. The second kappa shape index (κ2) is 11.3. The van der Waals surface area contributed by atoms with Crippen molar-refractivity contribution < 1.29 is 33.3 Å². The number of nitrogens with zero attached hydrogens (tertiary/aromatic N) is 3. The van der Waals surface area contributed by atoms with Crippen LogP contribution < -0.4 is 10.6 Å². The van der Waals surface area contributed by atoms with Crippen molar-refractivity contribution in [2.45, 2.75) is 50.4 Å². The Morgan fingerprint density at radius 3 is 2.55 bits per heavy atom. The van der Waals surface area contributed by atoms with E-state index in [4.69, 9.17) is 0 Å². The lowest BCUT2D eigenvalue weighted by molar-refractivity contribution is -0.141. The molecule has 4 rings (SSSR count). The molecule has 0 saturated heterocycles. The zero-order valence-corrected chi connectivity index (χ0v) is 21.3. The van der Waals surface area contributed by atoms with E-state index in [1.165, 1.54) is 11.3 Å². The van der Waals surface area contributed by atoms with Crippen LogP contribution >= 0.6 is 11.3 Å². The molecule has 38 heavy (non-hydrogen) atoms. The Kier molecular flexibility index (Phi) is 8.31. The van der Waals surface area contributed by atoms with E-state index in [0.29, 0.717) is 36.4 Å². The van der Waals surface area contributed by atoms with Crippen molar-refractivity contribution in [3.63, 3.8) is 0 Å². The number of anilines is 2. The summed E-state index contributed by atoms with van der Waals surface area (Å²) in [4.78, 5) is 25.1. The molecule has 1 aliphatic carbocycles. The van der Waals surface area contributed by atoms with Gasteiger partial charge in [-0.25, -0.2) is 15.0 Å². The smallest absolute Gasteiger partial charge is 0.394 e. The third-order valence-corrected chi connectivity index (χ3v) is 7.68. The average Bonchev–Trinajstić information content (AvgIpc) is 3.38. The predicted molar refractivity (Wildman–Crippen MR) is 135 cm³/mol. The van der Waals surface area contributed by atoms with Gasteiger partial charge in [-0.3, -0.25) is 4.79 Å². The number of aryl methyl sites for hydroxylation is 1. The predicted octanol–water partition coefficient (Wildman–Crippen LogP) is 3.52. The lowest BCUT2D eigenvalue weighted by Crippen LogP contribution is -2.45. The number of aliphatic hydroxyl groups is 3. The fourth-order valence-electron chi connectivity index (χ4n) is 4.37. The first-order chi connectivity index (χ1) is 18.0. The number of alkyl halides is 3. The van der Waals surface area contributed by atoms with E-state index in [1.807, 2.05) is 13.0 Å². The maximum absolute atomic E-state index is 13.0. The van der Waals surface area contributed by atoms with Crippen molar-refractivity contribution in [1.82, 2.24) is 20.3 Å². The summed E-state index contributed by atoms with van der Waals surface area (Å²) in [5.74, 6) is -0.774. The van der Waals surface area contributed by atoms with Crippen molar-refractivity contribution in [1.29, 1.82) is 0 Å². The van der Waals surface area contributed by atoms with Gasteiger partial charge in [0.15, 0.2) is 0 Å². The standard InChI is InChI=1S/C25H28F3N5O4S/c1-14-8-16(10-17(9-14)32-23-29-7-4-20(33-23)25(26,27)28)19-11-30-22(38-19)24(37)5-2-15(3-6-24)21(36)31-18(12-34)13-35/h4,7-11,15,18,34-35,37H,2-3,5-6,12-13H2,1H3,(H,31,36)(H,29,32,33). The Morgan fingerprint density at radius 1 is 1.18 bits per heavy atom. The summed E-state index contributed by atoms with van der Waals surface area (Å²) in [5, 5.41) is 35.6. The first kappa shape index (κ1) is 27.9. The Morgan fingerprint density at radius 2 is 1.89 bits per heavy atom. The van der Waals surface area contributed by atoms with Gasteiger partial charge in [-0.2, -0.15) is 13.2 Å². The summed E-state index contributed by atoms with van der Waals surface area (Å²) in [7, 11) is 0. The van der Waals surface area contributed by atoms with Gasteiger partial charge in [0.2, 0.25) is 11.9 Å². The Balaban J connectivity index is 1.47. The molecular formula is C25H28F3N5O4S. The second-order valence-electron chi connectivity index (χ2n) is 9.38. The van der Waals surface area contributed by atoms with Crippen molar-refractivity contribution in [3.05, 3.63) is 52.9 Å². The molecule has 0 bridgehead atoms. The van der Waals surface area contributed by atoms with Gasteiger partial charge in [0.05, 0.1) is 24.1 Å². The topological polar surface area (TPSA) is 140 Å². The van der Waals surface area contributed by atoms with Crippen LogP contribution in [0.15, 0.2) is 36.7 Å². The number of amides is 1. The number of carbonyl (C=O) groups excluding carboxylic acids is 1. The molecule has 1 fully saturated rings. The molecular weight excluding hydrogens is 523 g/mol. The van der Waals surface area contributed by atoms with Crippen LogP contribution in [0.25, 0.3) is 10.4 Å². The van der Waals surface area contributed by atoms with Gasteiger partial charge in [0, 0.05) is 24.0 Å². The van der Waals surface area contributed by atoms with E-state index in [1.54, 1.807) is 18.3 Å². The molecule has 3 aromatic rings. The minimum absolute atomic E-state index is 0.180. The fourth-order valence-corrected chi connectivity index (χ4v) is 5.41. The molecule has 0 radical (unpaired) electrons. The molecule has 1 saturated carbocycles. The van der Waals surface area contributed by atoms with Gasteiger partial charge < -0.3 is 26.0 Å². The van der Waals surface area contributed by atoms with Gasteiger partial charge in [-0.05, 0) is 61.9 Å². The average molecular weight is 552 g/mol. The zero-order valence-electron chi connectivity index (χ0n) is 20.5. The van der Waals surface area contributed by atoms with Crippen molar-refractivity contribution in [2.75, 3.05) is 18.5 Å². The molecule has 5 N–H and O–H groups in total. The molecule has 9 nitrogen and oxygen atoms in total. The van der Waals surface area contributed by atoms with E-state index in [9.17, 15) is 33.3 Å². The van der Waals surface area contributed by atoms with Gasteiger partial charge in [0.1, 0.15) is 16.3 Å². The minimum atomic E-state index is -4.58. The second-order valence-corrected chi connectivity index (χ2v) is 10.4. The lowest BCUT2D eigenvalue weighted by atomic mass is 9.78. The van der Waals surface area contributed by atoms with E-state index >= 15 is 0 Å². The van der Waals surface area contributed by atoms with Crippen molar-refractivity contribution >= 4 is 28.9 Å². The molecule has 204 valence electrons.